The molecule has 0 spiro atoms. The number of aliphatic hydroxyl groups is 1. The first-order valence-electron chi connectivity index (χ1n) is 8.09. The van der Waals surface area contributed by atoms with Crippen LogP contribution in [-0.2, 0) is 0 Å². The Morgan fingerprint density at radius 1 is 1.43 bits per heavy atom. The van der Waals surface area contributed by atoms with Crippen LogP contribution in [0.5, 0.6) is 0 Å². The quantitative estimate of drug-likeness (QED) is 0.774. The molecule has 21 heavy (non-hydrogen) atoms. The largest absolute Gasteiger partial charge is 0.395 e. The molecule has 1 aromatic rings. The van der Waals surface area contributed by atoms with E-state index in [0.717, 1.165) is 43.9 Å². The second kappa shape index (κ2) is 8.74. The second-order valence-electron chi connectivity index (χ2n) is 5.83. The van der Waals surface area contributed by atoms with E-state index in [2.05, 4.69) is 23.2 Å². The molecule has 1 aliphatic heterocycles. The fraction of sp³-hybridized carbons (Fsp3) is 0.647. The highest BCUT2D eigenvalue weighted by Crippen LogP contribution is 2.26. The van der Waals surface area contributed by atoms with Crippen molar-refractivity contribution in [3.8, 4) is 0 Å². The number of nitrogens with one attached hydrogen (secondary N) is 1. The normalized spacial score (nSPS) is 20.8. The van der Waals surface area contributed by atoms with Crippen LogP contribution in [0.3, 0.4) is 0 Å². The molecule has 1 aromatic carbocycles. The number of likely N-dealkylation sites (tertiary alicyclic amines) is 1. The van der Waals surface area contributed by atoms with Gasteiger partial charge < -0.3 is 10.4 Å². The third kappa shape index (κ3) is 4.68. The lowest BCUT2D eigenvalue weighted by molar-refractivity contribution is 0.154. The van der Waals surface area contributed by atoms with Crippen molar-refractivity contribution in [2.45, 2.75) is 44.7 Å². The van der Waals surface area contributed by atoms with Crippen molar-refractivity contribution in [2.75, 3.05) is 26.2 Å². The molecule has 118 valence electrons. The number of aliphatic hydroxyl groups excluding tert-OH is 1. The summed E-state index contributed by atoms with van der Waals surface area (Å²) >= 11 is 6.36. The molecule has 1 saturated heterocycles. The van der Waals surface area contributed by atoms with Gasteiger partial charge in [-0.15, -0.1) is 0 Å². The maximum Gasteiger partial charge on any atom is 0.0586 e. The topological polar surface area (TPSA) is 35.5 Å². The van der Waals surface area contributed by atoms with E-state index in [-0.39, 0.29) is 6.61 Å². The van der Waals surface area contributed by atoms with E-state index in [1.54, 1.807) is 0 Å². The molecular formula is C17H27ClN2O. The van der Waals surface area contributed by atoms with Gasteiger partial charge in [0.15, 0.2) is 0 Å². The molecule has 2 rings (SSSR count). The predicted molar refractivity (Wildman–Crippen MR) is 88.8 cm³/mol. The molecule has 3 nitrogen and oxygen atoms in total. The van der Waals surface area contributed by atoms with Crippen molar-refractivity contribution in [2.24, 2.45) is 0 Å². The van der Waals surface area contributed by atoms with Gasteiger partial charge in [0.05, 0.1) is 6.61 Å². The van der Waals surface area contributed by atoms with E-state index >= 15 is 0 Å². The summed E-state index contributed by atoms with van der Waals surface area (Å²) < 4.78 is 0. The first-order valence-corrected chi connectivity index (χ1v) is 8.46. The average Bonchev–Trinajstić information content (AvgIpc) is 2.96. The van der Waals surface area contributed by atoms with Gasteiger partial charge in [-0.2, -0.15) is 0 Å². The minimum Gasteiger partial charge on any atom is -0.395 e. The van der Waals surface area contributed by atoms with E-state index in [4.69, 9.17) is 11.6 Å². The van der Waals surface area contributed by atoms with E-state index in [9.17, 15) is 5.11 Å². The third-order valence-electron chi connectivity index (χ3n) is 4.34. The second-order valence-corrected chi connectivity index (χ2v) is 6.24. The first-order chi connectivity index (χ1) is 10.3. The summed E-state index contributed by atoms with van der Waals surface area (Å²) in [6.07, 6.45) is 4.46. The van der Waals surface area contributed by atoms with E-state index < -0.39 is 0 Å². The number of nitrogens with zero attached hydrogens (tertiary/aromatic N) is 1. The van der Waals surface area contributed by atoms with Gasteiger partial charge in [-0.3, -0.25) is 4.90 Å². The van der Waals surface area contributed by atoms with Gasteiger partial charge in [-0.05, 0) is 50.4 Å². The highest BCUT2D eigenvalue weighted by molar-refractivity contribution is 6.31. The smallest absolute Gasteiger partial charge is 0.0586 e. The van der Waals surface area contributed by atoms with Gasteiger partial charge in [0.2, 0.25) is 0 Å². The van der Waals surface area contributed by atoms with Crippen LogP contribution in [0.1, 0.15) is 44.2 Å². The minimum atomic E-state index is 0.277. The molecule has 0 saturated carbocycles. The first kappa shape index (κ1) is 16.8. The summed E-state index contributed by atoms with van der Waals surface area (Å²) in [6.45, 7) is 5.57. The van der Waals surface area contributed by atoms with E-state index in [0.29, 0.717) is 12.1 Å². The van der Waals surface area contributed by atoms with Crippen LogP contribution < -0.4 is 5.32 Å². The molecular weight excluding hydrogens is 284 g/mol. The van der Waals surface area contributed by atoms with Crippen molar-refractivity contribution in [1.29, 1.82) is 0 Å². The molecule has 0 aromatic heterocycles. The van der Waals surface area contributed by atoms with Gasteiger partial charge >= 0.3 is 0 Å². The number of hydrogen-bond donors (Lipinski definition) is 2. The van der Waals surface area contributed by atoms with E-state index in [1.807, 2.05) is 18.2 Å². The molecule has 0 aliphatic carbocycles. The molecule has 1 fully saturated rings. The van der Waals surface area contributed by atoms with Crippen molar-refractivity contribution >= 4 is 11.6 Å². The van der Waals surface area contributed by atoms with Gasteiger partial charge in [0.25, 0.3) is 0 Å². The standard InChI is InChI=1S/C17H27ClN2O/c1-2-10-19-17(15-7-3-4-8-16(15)18)9-12-20-11-5-6-14(20)13-21/h3-4,7-8,14,17,19,21H,2,5-6,9-13H2,1H3. The lowest BCUT2D eigenvalue weighted by Gasteiger charge is -2.26. The zero-order chi connectivity index (χ0) is 15.1. The van der Waals surface area contributed by atoms with Crippen LogP contribution in [0.4, 0.5) is 0 Å². The Bertz CT molecular complexity index is 427. The van der Waals surface area contributed by atoms with E-state index in [1.165, 1.54) is 12.0 Å². The minimum absolute atomic E-state index is 0.277. The molecule has 2 N–H and O–H groups in total. The average molecular weight is 311 g/mol. The summed E-state index contributed by atoms with van der Waals surface area (Å²) in [5.74, 6) is 0. The fourth-order valence-electron chi connectivity index (χ4n) is 3.13. The van der Waals surface area contributed by atoms with Crippen molar-refractivity contribution in [3.05, 3.63) is 34.9 Å². The fourth-order valence-corrected chi connectivity index (χ4v) is 3.40. The molecule has 0 radical (unpaired) electrons. The van der Waals surface area contributed by atoms with Crippen LogP contribution in [0, 0.1) is 0 Å². The molecule has 0 amide bonds. The van der Waals surface area contributed by atoms with Crippen LogP contribution in [0.2, 0.25) is 5.02 Å². The maximum absolute atomic E-state index is 9.43. The van der Waals surface area contributed by atoms with Gasteiger partial charge in [0, 0.05) is 23.7 Å². The summed E-state index contributed by atoms with van der Waals surface area (Å²) in [4.78, 5) is 2.41. The lowest BCUT2D eigenvalue weighted by Crippen LogP contribution is -2.35. The Morgan fingerprint density at radius 3 is 2.95 bits per heavy atom. The third-order valence-corrected chi connectivity index (χ3v) is 4.68. The van der Waals surface area contributed by atoms with Crippen LogP contribution in [-0.4, -0.2) is 42.3 Å². The number of hydrogen-bond acceptors (Lipinski definition) is 3. The zero-order valence-electron chi connectivity index (χ0n) is 12.9. The van der Waals surface area contributed by atoms with Gasteiger partial charge in [-0.25, -0.2) is 0 Å². The maximum atomic E-state index is 9.43. The number of benzene rings is 1. The van der Waals surface area contributed by atoms with Gasteiger partial charge in [0.1, 0.15) is 0 Å². The molecule has 1 heterocycles. The summed E-state index contributed by atoms with van der Waals surface area (Å²) in [5.41, 5.74) is 1.19. The highest BCUT2D eigenvalue weighted by Gasteiger charge is 2.24. The van der Waals surface area contributed by atoms with Crippen molar-refractivity contribution in [1.82, 2.24) is 10.2 Å². The Kier molecular flexibility index (Phi) is 6.97. The van der Waals surface area contributed by atoms with Crippen LogP contribution in [0.25, 0.3) is 0 Å². The van der Waals surface area contributed by atoms with Gasteiger partial charge in [-0.1, -0.05) is 36.7 Å². The Labute approximate surface area is 133 Å². The number of rotatable bonds is 8. The predicted octanol–water partition coefficient (Wildman–Crippen LogP) is 3.23. The zero-order valence-corrected chi connectivity index (χ0v) is 13.6. The molecule has 2 atom stereocenters. The molecule has 2 unspecified atom stereocenters. The highest BCUT2D eigenvalue weighted by atomic mass is 35.5. The van der Waals surface area contributed by atoms with Crippen molar-refractivity contribution in [3.63, 3.8) is 0 Å². The summed E-state index contributed by atoms with van der Waals surface area (Å²) in [7, 11) is 0. The van der Waals surface area contributed by atoms with Crippen LogP contribution in [0.15, 0.2) is 24.3 Å². The summed E-state index contributed by atoms with van der Waals surface area (Å²) in [6, 6.07) is 8.74. The van der Waals surface area contributed by atoms with Crippen molar-refractivity contribution < 1.29 is 5.11 Å². The lowest BCUT2D eigenvalue weighted by atomic mass is 10.0. The summed E-state index contributed by atoms with van der Waals surface area (Å²) in [5, 5.41) is 13.9. The Hall–Kier alpha value is -0.610. The van der Waals surface area contributed by atoms with Crippen LogP contribution >= 0.6 is 11.6 Å². The molecule has 4 heteroatoms. The monoisotopic (exact) mass is 310 g/mol. The molecule has 1 aliphatic rings. The Balaban J connectivity index is 1.98. The molecule has 0 bridgehead atoms. The number of halogens is 1. The Morgan fingerprint density at radius 2 is 2.24 bits per heavy atom. The SMILES string of the molecule is CCCNC(CCN1CCCC1CO)c1ccccc1Cl.